The molecule has 160 valence electrons. The van der Waals surface area contributed by atoms with Crippen molar-refractivity contribution in [3.63, 3.8) is 0 Å². The van der Waals surface area contributed by atoms with Gasteiger partial charge in [0.05, 0.1) is 25.7 Å². The van der Waals surface area contributed by atoms with Gasteiger partial charge in [-0.05, 0) is 45.8 Å². The molecule has 8 nitrogen and oxygen atoms in total. The van der Waals surface area contributed by atoms with Crippen LogP contribution in [0.4, 0.5) is 0 Å². The van der Waals surface area contributed by atoms with Crippen molar-refractivity contribution < 1.29 is 33.0 Å². The molecule has 1 aromatic heterocycles. The summed E-state index contributed by atoms with van der Waals surface area (Å²) in [6.07, 6.45) is 3.30. The summed E-state index contributed by atoms with van der Waals surface area (Å²) in [4.78, 5) is 39.3. The summed E-state index contributed by atoms with van der Waals surface area (Å²) in [5.74, 6) is -2.01. The minimum Gasteiger partial charge on any atom is -0.469 e. The molecule has 2 saturated heterocycles. The molecule has 1 aromatic carbocycles. The molecular weight excluding hydrogens is 470 g/mol. The summed E-state index contributed by atoms with van der Waals surface area (Å²) >= 11 is 3.15. The number of halogens is 1. The van der Waals surface area contributed by atoms with Crippen molar-refractivity contribution in [1.29, 1.82) is 0 Å². The Hall–Kier alpha value is -2.91. The molecular formula is C22H18BrNO7. The average molecular weight is 488 g/mol. The lowest BCUT2D eigenvalue weighted by molar-refractivity contribution is -0.151. The van der Waals surface area contributed by atoms with Gasteiger partial charge in [0, 0.05) is 6.54 Å². The Morgan fingerprint density at radius 1 is 1.29 bits per heavy atom. The maximum atomic E-state index is 13.2. The average Bonchev–Trinajstić information content (AvgIpc) is 3.49. The molecule has 3 aliphatic rings. The second-order valence-electron chi connectivity index (χ2n) is 7.76. The molecule has 0 aliphatic carbocycles. The van der Waals surface area contributed by atoms with E-state index in [9.17, 15) is 14.4 Å². The third-order valence-corrected chi connectivity index (χ3v) is 6.34. The number of fused-ring (bicyclic) bond motifs is 1. The Balaban J connectivity index is 1.32. The van der Waals surface area contributed by atoms with Crippen LogP contribution < -0.4 is 4.74 Å². The van der Waals surface area contributed by atoms with E-state index in [-0.39, 0.29) is 11.7 Å². The molecule has 2 aromatic rings. The van der Waals surface area contributed by atoms with Crippen molar-refractivity contribution in [3.05, 3.63) is 64.5 Å². The predicted octanol–water partition coefficient (Wildman–Crippen LogP) is 2.72. The number of carbonyl (C=O) groups is 3. The highest BCUT2D eigenvalue weighted by Gasteiger charge is 2.67. The summed E-state index contributed by atoms with van der Waals surface area (Å²) in [6, 6.07) is 10.0. The number of likely N-dealkylation sites (tertiary alicyclic amines) is 1. The van der Waals surface area contributed by atoms with Crippen LogP contribution in [-0.2, 0) is 25.6 Å². The normalized spacial score (nSPS) is 28.1. The van der Waals surface area contributed by atoms with Crippen molar-refractivity contribution in [3.8, 4) is 5.75 Å². The second-order valence-corrected chi connectivity index (χ2v) is 8.54. The predicted molar refractivity (Wildman–Crippen MR) is 109 cm³/mol. The molecule has 4 heterocycles. The Kier molecular flexibility index (Phi) is 4.75. The van der Waals surface area contributed by atoms with Gasteiger partial charge in [-0.2, -0.15) is 0 Å². The second kappa shape index (κ2) is 7.35. The summed E-state index contributed by atoms with van der Waals surface area (Å²) in [5, 5.41) is 0. The quantitative estimate of drug-likeness (QED) is 0.363. The van der Waals surface area contributed by atoms with Gasteiger partial charge in [0.2, 0.25) is 11.7 Å². The highest BCUT2D eigenvalue weighted by Crippen LogP contribution is 2.52. The third-order valence-electron chi connectivity index (χ3n) is 5.91. The van der Waals surface area contributed by atoms with Gasteiger partial charge in [0.15, 0.2) is 4.67 Å². The number of furan rings is 1. The van der Waals surface area contributed by atoms with Crippen LogP contribution in [0.1, 0.15) is 16.1 Å². The van der Waals surface area contributed by atoms with Crippen molar-refractivity contribution in [2.75, 3.05) is 13.7 Å². The highest BCUT2D eigenvalue weighted by molar-refractivity contribution is 9.10. The van der Waals surface area contributed by atoms with Crippen LogP contribution in [-0.4, -0.2) is 48.1 Å². The number of benzene rings is 1. The fourth-order valence-electron chi connectivity index (χ4n) is 4.63. The zero-order valence-corrected chi connectivity index (χ0v) is 18.0. The highest BCUT2D eigenvalue weighted by atomic mass is 79.9. The molecule has 4 atom stereocenters. The van der Waals surface area contributed by atoms with E-state index in [1.54, 1.807) is 29.2 Å². The van der Waals surface area contributed by atoms with Crippen LogP contribution >= 0.6 is 15.9 Å². The molecule has 31 heavy (non-hydrogen) atoms. The third kappa shape index (κ3) is 3.28. The van der Waals surface area contributed by atoms with Crippen LogP contribution in [0.3, 0.4) is 0 Å². The molecule has 2 bridgehead atoms. The number of esters is 2. The standard InChI is InChI=1S/C22H18BrNO7/c1-28-21(27)17-14-7-8-22(31-14)11-24(19(25)18(17)22)10-12-3-2-4-13(9-12)29-20(26)15-5-6-16(23)30-15/h2-9,14,17-18H,10-11H2,1H3/t14-,17+,18+,22+/m1/s1. The first-order chi connectivity index (χ1) is 14.9. The molecule has 0 unspecified atom stereocenters. The summed E-state index contributed by atoms with van der Waals surface area (Å²) < 4.78 is 21.9. The number of nitrogens with zero attached hydrogens (tertiary/aromatic N) is 1. The molecule has 9 heteroatoms. The molecule has 0 saturated carbocycles. The van der Waals surface area contributed by atoms with Gasteiger partial charge in [0.1, 0.15) is 17.3 Å². The first kappa shape index (κ1) is 20.0. The monoisotopic (exact) mass is 487 g/mol. The zero-order valence-electron chi connectivity index (χ0n) is 16.4. The smallest absolute Gasteiger partial charge is 0.379 e. The van der Waals surface area contributed by atoms with Gasteiger partial charge in [-0.25, -0.2) is 4.79 Å². The van der Waals surface area contributed by atoms with Crippen LogP contribution in [0.15, 0.2) is 57.6 Å². The topological polar surface area (TPSA) is 95.3 Å². The molecule has 1 spiro atoms. The Morgan fingerprint density at radius 3 is 2.87 bits per heavy atom. The lowest BCUT2D eigenvalue weighted by atomic mass is 9.77. The van der Waals surface area contributed by atoms with E-state index >= 15 is 0 Å². The lowest BCUT2D eigenvalue weighted by Crippen LogP contribution is -2.39. The first-order valence-corrected chi connectivity index (χ1v) is 10.5. The molecule has 0 N–H and O–H groups in total. The van der Waals surface area contributed by atoms with Crippen LogP contribution in [0, 0.1) is 11.8 Å². The Bertz CT molecular complexity index is 1110. The summed E-state index contributed by atoms with van der Waals surface area (Å²) in [6.45, 7) is 0.645. The first-order valence-electron chi connectivity index (χ1n) is 9.70. The van der Waals surface area contributed by atoms with E-state index < -0.39 is 35.5 Å². The largest absolute Gasteiger partial charge is 0.469 e. The molecule has 5 rings (SSSR count). The number of hydrogen-bond acceptors (Lipinski definition) is 7. The van der Waals surface area contributed by atoms with E-state index in [0.29, 0.717) is 23.5 Å². The zero-order chi connectivity index (χ0) is 21.8. The molecule has 3 aliphatic heterocycles. The van der Waals surface area contributed by atoms with Gasteiger partial charge in [-0.15, -0.1) is 0 Å². The van der Waals surface area contributed by atoms with E-state index in [1.807, 2.05) is 18.2 Å². The minimum atomic E-state index is -0.794. The minimum absolute atomic E-state index is 0.0764. The summed E-state index contributed by atoms with van der Waals surface area (Å²) in [5.41, 5.74) is -0.0130. The molecule has 2 fully saturated rings. The van der Waals surface area contributed by atoms with Gasteiger partial charge in [-0.3, -0.25) is 9.59 Å². The maximum Gasteiger partial charge on any atom is 0.379 e. The summed E-state index contributed by atoms with van der Waals surface area (Å²) in [7, 11) is 1.32. The van der Waals surface area contributed by atoms with E-state index in [4.69, 9.17) is 18.6 Å². The van der Waals surface area contributed by atoms with Crippen molar-refractivity contribution >= 4 is 33.8 Å². The Labute approximate surface area is 185 Å². The van der Waals surface area contributed by atoms with Crippen LogP contribution in [0.25, 0.3) is 0 Å². The number of hydrogen-bond donors (Lipinski definition) is 0. The van der Waals surface area contributed by atoms with E-state index in [1.165, 1.54) is 13.2 Å². The van der Waals surface area contributed by atoms with Crippen molar-refractivity contribution in [2.45, 2.75) is 18.2 Å². The van der Waals surface area contributed by atoms with Crippen LogP contribution in [0.5, 0.6) is 5.75 Å². The van der Waals surface area contributed by atoms with Crippen molar-refractivity contribution in [1.82, 2.24) is 4.90 Å². The van der Waals surface area contributed by atoms with Crippen molar-refractivity contribution in [2.24, 2.45) is 11.8 Å². The number of ether oxygens (including phenoxy) is 3. The van der Waals surface area contributed by atoms with Gasteiger partial charge in [0.25, 0.3) is 0 Å². The van der Waals surface area contributed by atoms with Gasteiger partial charge in [-0.1, -0.05) is 24.3 Å². The van der Waals surface area contributed by atoms with E-state index in [2.05, 4.69) is 15.9 Å². The Morgan fingerprint density at radius 2 is 2.13 bits per heavy atom. The van der Waals surface area contributed by atoms with Gasteiger partial charge >= 0.3 is 11.9 Å². The maximum absolute atomic E-state index is 13.2. The van der Waals surface area contributed by atoms with Gasteiger partial charge < -0.3 is 23.5 Å². The number of carbonyl (C=O) groups excluding carboxylic acids is 3. The number of methoxy groups -OCH3 is 1. The molecule has 1 amide bonds. The number of amides is 1. The lowest BCUT2D eigenvalue weighted by Gasteiger charge is -2.22. The fourth-order valence-corrected chi connectivity index (χ4v) is 4.93. The number of rotatable bonds is 5. The van der Waals surface area contributed by atoms with Crippen LogP contribution in [0.2, 0.25) is 0 Å². The SMILES string of the molecule is COC(=O)[C@@H]1[C@H]2C(=O)N(Cc3cccc(OC(=O)c4ccc(Br)o4)c3)C[C@@]23C=C[C@H]1O3. The molecule has 0 radical (unpaired) electrons. The fraction of sp³-hybridized carbons (Fsp3) is 0.318. The van der Waals surface area contributed by atoms with E-state index in [0.717, 1.165) is 5.56 Å².